The van der Waals surface area contributed by atoms with Gasteiger partial charge in [-0.3, -0.25) is 4.99 Å². The minimum absolute atomic E-state index is 0. The number of aliphatic imine (C=N–C) groups is 1. The standard InChI is InChI=1S/C18H28ClN3O2.HI/c1-20-18(21-9-7-15-3-5-17(19)6-4-15)22-10-8-16(13-22)14-24-12-11-23-2;/h3-6,16H,7-14H2,1-2H3,(H,20,21);1H. The summed E-state index contributed by atoms with van der Waals surface area (Å²) in [5.74, 6) is 1.54. The summed E-state index contributed by atoms with van der Waals surface area (Å²) in [5, 5.41) is 4.23. The van der Waals surface area contributed by atoms with Gasteiger partial charge in [0, 0.05) is 44.7 Å². The maximum absolute atomic E-state index is 5.91. The summed E-state index contributed by atoms with van der Waals surface area (Å²) in [5.41, 5.74) is 1.27. The summed E-state index contributed by atoms with van der Waals surface area (Å²) in [7, 11) is 3.54. The van der Waals surface area contributed by atoms with Crippen molar-refractivity contribution in [2.75, 3.05) is 53.6 Å². The molecule has 2 rings (SSSR count). The molecule has 1 atom stereocenters. The normalized spacial score (nSPS) is 17.5. The number of hydrogen-bond acceptors (Lipinski definition) is 3. The van der Waals surface area contributed by atoms with E-state index in [0.29, 0.717) is 19.1 Å². The van der Waals surface area contributed by atoms with Gasteiger partial charge in [-0.1, -0.05) is 23.7 Å². The van der Waals surface area contributed by atoms with Gasteiger partial charge in [0.2, 0.25) is 0 Å². The third-order valence-electron chi connectivity index (χ3n) is 4.19. The molecule has 0 bridgehead atoms. The maximum Gasteiger partial charge on any atom is 0.193 e. The zero-order valence-electron chi connectivity index (χ0n) is 15.0. The van der Waals surface area contributed by atoms with Gasteiger partial charge >= 0.3 is 0 Å². The first-order chi connectivity index (χ1) is 11.7. The Morgan fingerprint density at radius 2 is 2.08 bits per heavy atom. The number of methoxy groups -OCH3 is 1. The Balaban J connectivity index is 0.00000312. The molecule has 1 aliphatic rings. The zero-order valence-corrected chi connectivity index (χ0v) is 18.1. The molecule has 0 amide bonds. The van der Waals surface area contributed by atoms with Gasteiger partial charge in [-0.05, 0) is 30.5 Å². The van der Waals surface area contributed by atoms with E-state index in [2.05, 4.69) is 27.3 Å². The number of guanidine groups is 1. The Morgan fingerprint density at radius 1 is 1.32 bits per heavy atom. The van der Waals surface area contributed by atoms with E-state index in [4.69, 9.17) is 21.1 Å². The van der Waals surface area contributed by atoms with Crippen molar-refractivity contribution in [1.82, 2.24) is 10.2 Å². The van der Waals surface area contributed by atoms with Crippen LogP contribution in [0.2, 0.25) is 5.02 Å². The lowest BCUT2D eigenvalue weighted by Gasteiger charge is -2.21. The molecule has 1 aliphatic heterocycles. The van der Waals surface area contributed by atoms with E-state index in [-0.39, 0.29) is 24.0 Å². The van der Waals surface area contributed by atoms with E-state index in [1.54, 1.807) is 7.11 Å². The topological polar surface area (TPSA) is 46.1 Å². The van der Waals surface area contributed by atoms with Crippen molar-refractivity contribution in [1.29, 1.82) is 0 Å². The molecule has 1 N–H and O–H groups in total. The number of hydrogen-bond donors (Lipinski definition) is 1. The quantitative estimate of drug-likeness (QED) is 0.268. The van der Waals surface area contributed by atoms with Gasteiger partial charge in [-0.2, -0.15) is 0 Å². The predicted octanol–water partition coefficient (Wildman–Crippen LogP) is 3.06. The average molecular weight is 482 g/mol. The third-order valence-corrected chi connectivity index (χ3v) is 4.44. The van der Waals surface area contributed by atoms with Crippen LogP contribution in [0.1, 0.15) is 12.0 Å². The molecule has 25 heavy (non-hydrogen) atoms. The highest BCUT2D eigenvalue weighted by atomic mass is 127. The number of halogens is 2. The Morgan fingerprint density at radius 3 is 2.76 bits per heavy atom. The van der Waals surface area contributed by atoms with Gasteiger partial charge < -0.3 is 19.7 Å². The van der Waals surface area contributed by atoms with Gasteiger partial charge in [0.25, 0.3) is 0 Å². The zero-order chi connectivity index (χ0) is 17.2. The second kappa shape index (κ2) is 12.7. The minimum atomic E-state index is 0. The first kappa shape index (κ1) is 22.5. The van der Waals surface area contributed by atoms with Crippen molar-refractivity contribution in [3.8, 4) is 0 Å². The fourth-order valence-corrected chi connectivity index (χ4v) is 2.98. The number of likely N-dealkylation sites (tertiary alicyclic amines) is 1. The highest BCUT2D eigenvalue weighted by Crippen LogP contribution is 2.16. The Bertz CT molecular complexity index is 514. The van der Waals surface area contributed by atoms with Crippen LogP contribution in [-0.4, -0.2) is 64.5 Å². The number of rotatable bonds is 8. The molecule has 0 radical (unpaired) electrons. The highest BCUT2D eigenvalue weighted by molar-refractivity contribution is 14.0. The number of nitrogens with zero attached hydrogens (tertiary/aromatic N) is 2. The fraction of sp³-hybridized carbons (Fsp3) is 0.611. The van der Waals surface area contributed by atoms with E-state index in [9.17, 15) is 0 Å². The van der Waals surface area contributed by atoms with Gasteiger partial charge in [0.15, 0.2) is 5.96 Å². The molecule has 0 spiro atoms. The molecule has 1 aromatic rings. The molecular formula is C18H29ClIN3O2. The second-order valence-corrected chi connectivity index (χ2v) is 6.46. The SMILES string of the molecule is CN=C(NCCc1ccc(Cl)cc1)N1CCC(COCCOC)C1.I. The lowest BCUT2D eigenvalue weighted by atomic mass is 10.1. The molecule has 0 saturated carbocycles. The molecule has 142 valence electrons. The van der Waals surface area contributed by atoms with Crippen molar-refractivity contribution in [2.24, 2.45) is 10.9 Å². The number of ether oxygens (including phenoxy) is 2. The number of nitrogens with one attached hydrogen (secondary N) is 1. The molecule has 1 fully saturated rings. The molecule has 1 heterocycles. The average Bonchev–Trinajstić information content (AvgIpc) is 3.06. The summed E-state index contributed by atoms with van der Waals surface area (Å²) in [4.78, 5) is 6.72. The smallest absolute Gasteiger partial charge is 0.193 e. The van der Waals surface area contributed by atoms with E-state index >= 15 is 0 Å². The van der Waals surface area contributed by atoms with E-state index in [0.717, 1.165) is 50.1 Å². The summed E-state index contributed by atoms with van der Waals surface area (Å²) in [6, 6.07) is 7.99. The summed E-state index contributed by atoms with van der Waals surface area (Å²) >= 11 is 5.91. The largest absolute Gasteiger partial charge is 0.382 e. The predicted molar refractivity (Wildman–Crippen MR) is 114 cm³/mol. The lowest BCUT2D eigenvalue weighted by Crippen LogP contribution is -2.41. The summed E-state index contributed by atoms with van der Waals surface area (Å²) in [6.45, 7) is 5.00. The molecule has 1 unspecified atom stereocenters. The van der Waals surface area contributed by atoms with Crippen LogP contribution in [0.5, 0.6) is 0 Å². The van der Waals surface area contributed by atoms with E-state index < -0.39 is 0 Å². The van der Waals surface area contributed by atoms with Crippen LogP contribution in [0.25, 0.3) is 0 Å². The van der Waals surface area contributed by atoms with E-state index in [1.807, 2.05) is 19.2 Å². The molecule has 0 aliphatic carbocycles. The summed E-state index contributed by atoms with van der Waals surface area (Å²) < 4.78 is 10.6. The van der Waals surface area contributed by atoms with E-state index in [1.165, 1.54) is 5.56 Å². The monoisotopic (exact) mass is 481 g/mol. The van der Waals surface area contributed by atoms with Crippen molar-refractivity contribution in [3.63, 3.8) is 0 Å². The maximum atomic E-state index is 5.91. The molecule has 1 saturated heterocycles. The molecular weight excluding hydrogens is 453 g/mol. The van der Waals surface area contributed by atoms with Gasteiger partial charge in [0.1, 0.15) is 0 Å². The lowest BCUT2D eigenvalue weighted by molar-refractivity contribution is 0.0536. The van der Waals surface area contributed by atoms with Gasteiger partial charge in [0.05, 0.1) is 19.8 Å². The van der Waals surface area contributed by atoms with Crippen molar-refractivity contribution in [2.45, 2.75) is 12.8 Å². The fourth-order valence-electron chi connectivity index (χ4n) is 2.86. The van der Waals surface area contributed by atoms with Crippen LogP contribution in [0.3, 0.4) is 0 Å². The molecule has 7 heteroatoms. The Labute approximate surface area is 173 Å². The van der Waals surface area contributed by atoms with Crippen LogP contribution in [0.4, 0.5) is 0 Å². The first-order valence-electron chi connectivity index (χ1n) is 8.49. The molecule has 0 aromatic heterocycles. The van der Waals surface area contributed by atoms with Crippen LogP contribution < -0.4 is 5.32 Å². The van der Waals surface area contributed by atoms with Crippen molar-refractivity contribution >= 4 is 41.5 Å². The number of benzene rings is 1. The Hall–Kier alpha value is -0.570. The third kappa shape index (κ3) is 8.11. The molecule has 5 nitrogen and oxygen atoms in total. The minimum Gasteiger partial charge on any atom is -0.382 e. The van der Waals surface area contributed by atoms with Crippen LogP contribution >= 0.6 is 35.6 Å². The summed E-state index contributed by atoms with van der Waals surface area (Å²) in [6.07, 6.45) is 2.10. The van der Waals surface area contributed by atoms with Crippen LogP contribution in [0, 0.1) is 5.92 Å². The first-order valence-corrected chi connectivity index (χ1v) is 8.87. The highest BCUT2D eigenvalue weighted by Gasteiger charge is 2.24. The van der Waals surface area contributed by atoms with Crippen molar-refractivity contribution in [3.05, 3.63) is 34.9 Å². The molecule has 1 aromatic carbocycles. The Kier molecular flexibility index (Phi) is 11.4. The van der Waals surface area contributed by atoms with Gasteiger partial charge in [-0.25, -0.2) is 0 Å². The van der Waals surface area contributed by atoms with Crippen LogP contribution in [0.15, 0.2) is 29.3 Å². The van der Waals surface area contributed by atoms with Crippen LogP contribution in [-0.2, 0) is 15.9 Å². The van der Waals surface area contributed by atoms with Gasteiger partial charge in [-0.15, -0.1) is 24.0 Å². The van der Waals surface area contributed by atoms with Crippen molar-refractivity contribution < 1.29 is 9.47 Å². The second-order valence-electron chi connectivity index (χ2n) is 6.02.